The molecule has 1 heterocycles. The SMILES string of the molecule is CCCCCSc1nc(Cl)nc(OC)n1. The third-order valence-electron chi connectivity index (χ3n) is 1.73. The molecule has 6 heteroatoms. The lowest BCUT2D eigenvalue weighted by Gasteiger charge is -2.02. The van der Waals surface area contributed by atoms with Crippen molar-refractivity contribution in [1.29, 1.82) is 0 Å². The first kappa shape index (κ1) is 12.5. The minimum Gasteiger partial charge on any atom is -0.467 e. The molecular formula is C9H14ClN3OS. The zero-order valence-corrected chi connectivity index (χ0v) is 10.4. The maximum atomic E-state index is 5.71. The van der Waals surface area contributed by atoms with Crippen LogP contribution in [0, 0.1) is 0 Å². The fraction of sp³-hybridized carbons (Fsp3) is 0.667. The molecule has 1 rings (SSSR count). The highest BCUT2D eigenvalue weighted by Gasteiger charge is 2.04. The van der Waals surface area contributed by atoms with Crippen molar-refractivity contribution in [2.24, 2.45) is 0 Å². The number of unbranched alkanes of at least 4 members (excludes halogenated alkanes) is 2. The van der Waals surface area contributed by atoms with Crippen LogP contribution in [0.15, 0.2) is 5.16 Å². The van der Waals surface area contributed by atoms with Crippen molar-refractivity contribution < 1.29 is 4.74 Å². The van der Waals surface area contributed by atoms with E-state index in [1.165, 1.54) is 20.0 Å². The minimum atomic E-state index is 0.180. The summed E-state index contributed by atoms with van der Waals surface area (Å²) in [5.41, 5.74) is 0. The van der Waals surface area contributed by atoms with Gasteiger partial charge in [0.1, 0.15) is 0 Å². The van der Waals surface area contributed by atoms with E-state index in [-0.39, 0.29) is 11.3 Å². The average Bonchev–Trinajstić information content (AvgIpc) is 2.23. The molecule has 0 aliphatic heterocycles. The van der Waals surface area contributed by atoms with Crippen LogP contribution in [0.3, 0.4) is 0 Å². The van der Waals surface area contributed by atoms with E-state index >= 15 is 0 Å². The monoisotopic (exact) mass is 247 g/mol. The highest BCUT2D eigenvalue weighted by atomic mass is 35.5. The number of hydrogen-bond acceptors (Lipinski definition) is 5. The number of ether oxygens (including phenoxy) is 1. The highest BCUT2D eigenvalue weighted by molar-refractivity contribution is 7.99. The molecule has 0 saturated heterocycles. The first-order valence-electron chi connectivity index (χ1n) is 4.84. The Bertz CT molecular complexity index is 311. The van der Waals surface area contributed by atoms with Crippen molar-refractivity contribution in [2.75, 3.05) is 12.9 Å². The highest BCUT2D eigenvalue weighted by Crippen LogP contribution is 2.18. The van der Waals surface area contributed by atoms with E-state index in [4.69, 9.17) is 16.3 Å². The van der Waals surface area contributed by atoms with Crippen molar-refractivity contribution in [3.63, 3.8) is 0 Å². The van der Waals surface area contributed by atoms with Gasteiger partial charge in [-0.25, -0.2) is 0 Å². The largest absolute Gasteiger partial charge is 0.467 e. The first-order chi connectivity index (χ1) is 7.26. The normalized spacial score (nSPS) is 10.3. The summed E-state index contributed by atoms with van der Waals surface area (Å²) in [6.07, 6.45) is 3.59. The van der Waals surface area contributed by atoms with Crippen LogP contribution in [0.25, 0.3) is 0 Å². The average molecular weight is 248 g/mol. The van der Waals surface area contributed by atoms with Crippen molar-refractivity contribution >= 4 is 23.4 Å². The molecule has 0 atom stereocenters. The number of hydrogen-bond donors (Lipinski definition) is 0. The molecule has 0 radical (unpaired) electrons. The summed E-state index contributed by atoms with van der Waals surface area (Å²) in [6, 6.07) is 0.271. The van der Waals surface area contributed by atoms with Crippen LogP contribution in [-0.4, -0.2) is 27.8 Å². The topological polar surface area (TPSA) is 47.9 Å². The number of rotatable bonds is 6. The van der Waals surface area contributed by atoms with Gasteiger partial charge in [0.15, 0.2) is 5.16 Å². The lowest BCUT2D eigenvalue weighted by Crippen LogP contribution is -1.97. The van der Waals surface area contributed by atoms with E-state index < -0.39 is 0 Å². The van der Waals surface area contributed by atoms with E-state index in [1.54, 1.807) is 11.8 Å². The molecule has 0 fully saturated rings. The van der Waals surface area contributed by atoms with Gasteiger partial charge in [0.25, 0.3) is 0 Å². The summed E-state index contributed by atoms with van der Waals surface area (Å²) in [6.45, 7) is 2.17. The second-order valence-corrected chi connectivity index (χ2v) is 4.33. The van der Waals surface area contributed by atoms with Gasteiger partial charge in [-0.05, 0) is 18.0 Å². The Kier molecular flexibility index (Phi) is 5.71. The molecular weight excluding hydrogens is 234 g/mol. The first-order valence-corrected chi connectivity index (χ1v) is 6.21. The van der Waals surface area contributed by atoms with Gasteiger partial charge in [-0.2, -0.15) is 15.0 Å². The molecule has 0 amide bonds. The Balaban J connectivity index is 2.49. The van der Waals surface area contributed by atoms with Gasteiger partial charge in [0, 0.05) is 5.75 Å². The molecule has 84 valence electrons. The Hall–Kier alpha value is -0.550. The summed E-state index contributed by atoms with van der Waals surface area (Å²) in [5, 5.41) is 0.808. The maximum absolute atomic E-state index is 5.71. The predicted octanol–water partition coefficient (Wildman–Crippen LogP) is 2.82. The zero-order chi connectivity index (χ0) is 11.1. The van der Waals surface area contributed by atoms with Crippen molar-refractivity contribution in [1.82, 2.24) is 15.0 Å². The summed E-state index contributed by atoms with van der Waals surface area (Å²) in [5.74, 6) is 0.997. The molecule has 0 unspecified atom stereocenters. The molecule has 0 aliphatic rings. The van der Waals surface area contributed by atoms with Crippen molar-refractivity contribution in [3.05, 3.63) is 5.28 Å². The molecule has 0 N–H and O–H groups in total. The Morgan fingerprint density at radius 3 is 2.73 bits per heavy atom. The molecule has 1 aromatic heterocycles. The number of halogens is 1. The summed E-state index contributed by atoms with van der Waals surface area (Å²) < 4.78 is 4.90. The van der Waals surface area contributed by atoms with E-state index in [0.717, 1.165) is 12.2 Å². The van der Waals surface area contributed by atoms with Gasteiger partial charge in [-0.3, -0.25) is 0 Å². The molecule has 0 spiro atoms. The quantitative estimate of drug-likeness (QED) is 0.572. The number of nitrogens with zero attached hydrogens (tertiary/aromatic N) is 3. The molecule has 15 heavy (non-hydrogen) atoms. The summed E-state index contributed by atoms with van der Waals surface area (Å²) in [4.78, 5) is 11.9. The lowest BCUT2D eigenvalue weighted by atomic mass is 10.3. The van der Waals surface area contributed by atoms with Gasteiger partial charge in [0.05, 0.1) is 7.11 Å². The van der Waals surface area contributed by atoms with Crippen LogP contribution in [0.2, 0.25) is 5.28 Å². The summed E-state index contributed by atoms with van der Waals surface area (Å²) in [7, 11) is 1.51. The van der Waals surface area contributed by atoms with Crippen molar-refractivity contribution in [2.45, 2.75) is 31.3 Å². The zero-order valence-electron chi connectivity index (χ0n) is 8.86. The number of aromatic nitrogens is 3. The summed E-state index contributed by atoms with van der Waals surface area (Å²) >= 11 is 7.29. The Labute approximate surface area is 98.8 Å². The van der Waals surface area contributed by atoms with E-state index in [2.05, 4.69) is 21.9 Å². The lowest BCUT2D eigenvalue weighted by molar-refractivity contribution is 0.373. The maximum Gasteiger partial charge on any atom is 0.321 e. The molecule has 0 aliphatic carbocycles. The van der Waals surface area contributed by atoms with Gasteiger partial charge in [-0.1, -0.05) is 31.5 Å². The Morgan fingerprint density at radius 2 is 2.07 bits per heavy atom. The van der Waals surface area contributed by atoms with Gasteiger partial charge >= 0.3 is 6.01 Å². The second kappa shape index (κ2) is 6.85. The van der Waals surface area contributed by atoms with Crippen LogP contribution in [0.1, 0.15) is 26.2 Å². The van der Waals surface area contributed by atoms with E-state index in [1.807, 2.05) is 0 Å². The predicted molar refractivity (Wildman–Crippen MR) is 61.6 cm³/mol. The fourth-order valence-corrected chi connectivity index (χ4v) is 2.01. The van der Waals surface area contributed by atoms with E-state index in [0.29, 0.717) is 5.16 Å². The van der Waals surface area contributed by atoms with Crippen LogP contribution in [0.5, 0.6) is 6.01 Å². The smallest absolute Gasteiger partial charge is 0.321 e. The molecule has 0 bridgehead atoms. The molecule has 1 aromatic rings. The third kappa shape index (κ3) is 4.66. The standard InChI is InChI=1S/C9H14ClN3OS/c1-3-4-5-6-15-9-12-7(10)11-8(13-9)14-2/h3-6H2,1-2H3. The van der Waals surface area contributed by atoms with Crippen LogP contribution in [0.4, 0.5) is 0 Å². The van der Waals surface area contributed by atoms with E-state index in [9.17, 15) is 0 Å². The van der Waals surface area contributed by atoms with Gasteiger partial charge in [-0.15, -0.1) is 0 Å². The molecule has 0 aromatic carbocycles. The van der Waals surface area contributed by atoms with Crippen LogP contribution < -0.4 is 4.74 Å². The molecule has 0 saturated carbocycles. The Morgan fingerprint density at radius 1 is 1.27 bits per heavy atom. The second-order valence-electron chi connectivity index (χ2n) is 2.93. The van der Waals surface area contributed by atoms with Gasteiger partial charge in [0.2, 0.25) is 5.28 Å². The number of thioether (sulfide) groups is 1. The molecule has 4 nitrogen and oxygen atoms in total. The van der Waals surface area contributed by atoms with Crippen molar-refractivity contribution in [3.8, 4) is 6.01 Å². The number of methoxy groups -OCH3 is 1. The minimum absolute atomic E-state index is 0.180. The van der Waals surface area contributed by atoms with Crippen LogP contribution >= 0.6 is 23.4 Å². The fourth-order valence-electron chi connectivity index (χ4n) is 0.986. The van der Waals surface area contributed by atoms with Crippen LogP contribution in [-0.2, 0) is 0 Å². The third-order valence-corrected chi connectivity index (χ3v) is 2.83. The van der Waals surface area contributed by atoms with Gasteiger partial charge < -0.3 is 4.74 Å².